The lowest BCUT2D eigenvalue weighted by Crippen LogP contribution is -1.99. The quantitative estimate of drug-likeness (QED) is 0.115. The van der Waals surface area contributed by atoms with E-state index in [0.717, 1.165) is 25.7 Å². The highest BCUT2D eigenvalue weighted by Crippen LogP contribution is 2.15. The Bertz CT molecular complexity index is 378. The summed E-state index contributed by atoms with van der Waals surface area (Å²) in [5, 5.41) is 0. The molecule has 0 bridgehead atoms. The summed E-state index contributed by atoms with van der Waals surface area (Å²) in [4.78, 5) is 21.9. The number of hydrogen-bond acceptors (Lipinski definition) is 3. The zero-order valence-electron chi connectivity index (χ0n) is 20.5. The van der Waals surface area contributed by atoms with E-state index in [1.807, 2.05) is 0 Å². The molecule has 0 spiro atoms. The maximum Gasteiger partial charge on any atom is 0.305 e. The van der Waals surface area contributed by atoms with Crippen LogP contribution in [0.15, 0.2) is 0 Å². The molecule has 3 heteroatoms. The van der Waals surface area contributed by atoms with Crippen molar-refractivity contribution in [1.82, 2.24) is 0 Å². The summed E-state index contributed by atoms with van der Waals surface area (Å²) in [6.45, 7) is 1.70. The predicted molar refractivity (Wildman–Crippen MR) is 129 cm³/mol. The van der Waals surface area contributed by atoms with Crippen LogP contribution in [0.25, 0.3) is 0 Å². The van der Waals surface area contributed by atoms with E-state index in [2.05, 4.69) is 4.74 Å². The third-order valence-electron chi connectivity index (χ3n) is 6.14. The van der Waals surface area contributed by atoms with Crippen molar-refractivity contribution in [3.05, 3.63) is 0 Å². The summed E-state index contributed by atoms with van der Waals surface area (Å²) < 4.78 is 4.66. The average Bonchev–Trinajstić information content (AvgIpc) is 2.73. The van der Waals surface area contributed by atoms with Crippen molar-refractivity contribution in [2.24, 2.45) is 0 Å². The van der Waals surface area contributed by atoms with Crippen LogP contribution in [0.5, 0.6) is 0 Å². The van der Waals surface area contributed by atoms with E-state index in [-0.39, 0.29) is 5.97 Å². The molecule has 30 heavy (non-hydrogen) atoms. The van der Waals surface area contributed by atoms with E-state index in [0.29, 0.717) is 12.2 Å². The second-order valence-corrected chi connectivity index (χ2v) is 9.20. The van der Waals surface area contributed by atoms with Crippen LogP contribution in [0.3, 0.4) is 0 Å². The average molecular weight is 425 g/mol. The van der Waals surface area contributed by atoms with Gasteiger partial charge in [-0.15, -0.1) is 0 Å². The highest BCUT2D eigenvalue weighted by molar-refractivity contribution is 5.75. The van der Waals surface area contributed by atoms with Gasteiger partial charge in [-0.25, -0.2) is 0 Å². The first-order valence-electron chi connectivity index (χ1n) is 13.2. The zero-order valence-corrected chi connectivity index (χ0v) is 20.5. The number of unbranched alkanes of at least 4 members (excludes halogenated alkanes) is 20. The fraction of sp³-hybridized carbons (Fsp3) is 0.926. The molecule has 0 aromatic rings. The molecule has 0 N–H and O–H groups in total. The first-order valence-corrected chi connectivity index (χ1v) is 13.2. The van der Waals surface area contributed by atoms with Crippen LogP contribution < -0.4 is 0 Å². The minimum absolute atomic E-state index is 0.0697. The minimum Gasteiger partial charge on any atom is -0.469 e. The molecule has 0 saturated heterocycles. The lowest BCUT2D eigenvalue weighted by molar-refractivity contribution is -0.140. The maximum absolute atomic E-state index is 11.0. The molecule has 178 valence electrons. The summed E-state index contributed by atoms with van der Waals surface area (Å²) in [6, 6.07) is 0. The van der Waals surface area contributed by atoms with E-state index < -0.39 is 0 Å². The highest BCUT2D eigenvalue weighted by atomic mass is 16.5. The van der Waals surface area contributed by atoms with E-state index in [4.69, 9.17) is 0 Å². The predicted octanol–water partition coefficient (Wildman–Crippen LogP) is 8.72. The Morgan fingerprint density at radius 3 is 0.900 bits per heavy atom. The molecule has 0 unspecified atom stereocenters. The van der Waals surface area contributed by atoms with E-state index in [9.17, 15) is 9.59 Å². The van der Waals surface area contributed by atoms with Gasteiger partial charge in [0.15, 0.2) is 0 Å². The van der Waals surface area contributed by atoms with Gasteiger partial charge in [-0.3, -0.25) is 4.79 Å². The van der Waals surface area contributed by atoms with Gasteiger partial charge in [-0.05, 0) is 19.8 Å². The maximum atomic E-state index is 11.0. The Balaban J connectivity index is 3.03. The van der Waals surface area contributed by atoms with Gasteiger partial charge in [0, 0.05) is 12.8 Å². The standard InChI is InChI=1S/C27H52O3/c1-26(28)24-22-20-18-16-14-12-10-8-6-4-3-5-7-9-11-13-15-17-19-21-23-25-27(29)30-2/h3-25H2,1-2H3. The lowest BCUT2D eigenvalue weighted by Gasteiger charge is -2.04. The second-order valence-electron chi connectivity index (χ2n) is 9.20. The van der Waals surface area contributed by atoms with Crippen molar-refractivity contribution in [2.75, 3.05) is 7.11 Å². The molecule has 0 aliphatic carbocycles. The number of carbonyl (C=O) groups is 2. The SMILES string of the molecule is COC(=O)CCCCCCCCCCCCCCCCCCCCCCCC(C)=O. The summed E-state index contributed by atoms with van der Waals surface area (Å²) >= 11 is 0. The number of methoxy groups -OCH3 is 1. The first kappa shape index (κ1) is 29.1. The monoisotopic (exact) mass is 424 g/mol. The summed E-state index contributed by atoms with van der Waals surface area (Å²) in [7, 11) is 1.47. The Morgan fingerprint density at radius 1 is 0.433 bits per heavy atom. The number of hydrogen-bond donors (Lipinski definition) is 0. The highest BCUT2D eigenvalue weighted by Gasteiger charge is 1.99. The summed E-state index contributed by atoms with van der Waals surface area (Å²) in [6.07, 6.45) is 29.4. The Morgan fingerprint density at radius 2 is 0.667 bits per heavy atom. The normalized spacial score (nSPS) is 11.0. The number of ketones is 1. The number of rotatable bonds is 24. The van der Waals surface area contributed by atoms with E-state index >= 15 is 0 Å². The molecule has 0 atom stereocenters. The number of esters is 1. The summed E-state index contributed by atoms with van der Waals surface area (Å²) in [5.41, 5.74) is 0. The number of ether oxygens (including phenoxy) is 1. The van der Waals surface area contributed by atoms with Crippen LogP contribution in [0.4, 0.5) is 0 Å². The van der Waals surface area contributed by atoms with E-state index in [1.54, 1.807) is 6.92 Å². The van der Waals surface area contributed by atoms with Gasteiger partial charge >= 0.3 is 5.97 Å². The molecule has 0 fully saturated rings. The molecule has 0 aliphatic rings. The van der Waals surface area contributed by atoms with Gasteiger partial charge in [0.25, 0.3) is 0 Å². The van der Waals surface area contributed by atoms with Crippen molar-refractivity contribution >= 4 is 11.8 Å². The Kier molecular flexibility index (Phi) is 23.7. The first-order chi connectivity index (χ1) is 14.7. The van der Waals surface area contributed by atoms with Crippen LogP contribution in [0.1, 0.15) is 155 Å². The van der Waals surface area contributed by atoms with Gasteiger partial charge in [0.05, 0.1) is 7.11 Å². The third kappa shape index (κ3) is 25.2. The molecule has 3 nitrogen and oxygen atoms in total. The number of Topliss-reactive ketones (excluding diaryl/α,β-unsaturated/α-hetero) is 1. The van der Waals surface area contributed by atoms with Crippen LogP contribution in [-0.4, -0.2) is 18.9 Å². The van der Waals surface area contributed by atoms with Crippen LogP contribution in [0.2, 0.25) is 0 Å². The Hall–Kier alpha value is -0.860. The van der Waals surface area contributed by atoms with Crippen molar-refractivity contribution < 1.29 is 14.3 Å². The molecule has 0 aromatic carbocycles. The van der Waals surface area contributed by atoms with Crippen molar-refractivity contribution in [1.29, 1.82) is 0 Å². The van der Waals surface area contributed by atoms with Gasteiger partial charge in [0.1, 0.15) is 5.78 Å². The molecule has 0 heterocycles. The molecule has 0 aliphatic heterocycles. The smallest absolute Gasteiger partial charge is 0.305 e. The molecular weight excluding hydrogens is 372 g/mol. The van der Waals surface area contributed by atoms with Crippen LogP contribution in [0, 0.1) is 0 Å². The topological polar surface area (TPSA) is 43.4 Å². The van der Waals surface area contributed by atoms with Gasteiger partial charge in [0.2, 0.25) is 0 Å². The third-order valence-corrected chi connectivity index (χ3v) is 6.14. The van der Waals surface area contributed by atoms with Gasteiger partial charge in [-0.2, -0.15) is 0 Å². The van der Waals surface area contributed by atoms with Crippen molar-refractivity contribution in [3.63, 3.8) is 0 Å². The van der Waals surface area contributed by atoms with Crippen molar-refractivity contribution in [3.8, 4) is 0 Å². The van der Waals surface area contributed by atoms with Crippen LogP contribution >= 0.6 is 0 Å². The fourth-order valence-electron chi connectivity index (χ4n) is 4.10. The molecular formula is C27H52O3. The lowest BCUT2D eigenvalue weighted by atomic mass is 10.0. The van der Waals surface area contributed by atoms with Crippen LogP contribution in [-0.2, 0) is 14.3 Å². The molecule has 0 radical (unpaired) electrons. The zero-order chi connectivity index (χ0) is 22.1. The minimum atomic E-state index is -0.0697. The molecule has 0 rings (SSSR count). The summed E-state index contributed by atoms with van der Waals surface area (Å²) in [5.74, 6) is 0.270. The van der Waals surface area contributed by atoms with E-state index in [1.165, 1.54) is 123 Å². The second kappa shape index (κ2) is 24.4. The van der Waals surface area contributed by atoms with Gasteiger partial charge in [-0.1, -0.05) is 122 Å². The van der Waals surface area contributed by atoms with Crippen molar-refractivity contribution in [2.45, 2.75) is 155 Å². The fourth-order valence-corrected chi connectivity index (χ4v) is 4.10. The molecule has 0 amide bonds. The van der Waals surface area contributed by atoms with Gasteiger partial charge < -0.3 is 9.53 Å². The molecule has 0 aromatic heterocycles. The number of carbonyl (C=O) groups excluding carboxylic acids is 2. The Labute approximate surface area is 188 Å². The largest absolute Gasteiger partial charge is 0.469 e. The molecule has 0 saturated carbocycles.